The zero-order valence-electron chi connectivity index (χ0n) is 17.1. The van der Waals surface area contributed by atoms with Crippen LogP contribution in [0.3, 0.4) is 0 Å². The van der Waals surface area contributed by atoms with Crippen LogP contribution < -0.4 is 15.4 Å². The molecule has 29 heavy (non-hydrogen) atoms. The Labute approximate surface area is 171 Å². The molecule has 1 aromatic heterocycles. The van der Waals surface area contributed by atoms with Gasteiger partial charge in [-0.25, -0.2) is 0 Å². The highest BCUT2D eigenvalue weighted by Crippen LogP contribution is 2.34. The summed E-state index contributed by atoms with van der Waals surface area (Å²) in [4.78, 5) is 16.3. The van der Waals surface area contributed by atoms with Gasteiger partial charge in [-0.3, -0.25) is 10.1 Å². The number of hydrogen-bond acceptors (Lipinski definition) is 3. The molecular formula is C24H29N3O2. The molecule has 1 aliphatic heterocycles. The minimum absolute atomic E-state index is 0.0255. The summed E-state index contributed by atoms with van der Waals surface area (Å²) >= 11 is 0. The van der Waals surface area contributed by atoms with Gasteiger partial charge in [-0.15, -0.1) is 0 Å². The maximum absolute atomic E-state index is 12.9. The topological polar surface area (TPSA) is 66.2 Å². The first-order valence-electron chi connectivity index (χ1n) is 10.4. The number of H-pyrrole nitrogens is 1. The van der Waals surface area contributed by atoms with Crippen molar-refractivity contribution in [3.8, 4) is 5.75 Å². The van der Waals surface area contributed by atoms with Crippen LogP contribution in [0.2, 0.25) is 0 Å². The highest BCUT2D eigenvalue weighted by molar-refractivity contribution is 5.90. The molecular weight excluding hydrogens is 362 g/mol. The highest BCUT2D eigenvalue weighted by atomic mass is 16.5. The number of nitrogens with one attached hydrogen (secondary N) is 3. The van der Waals surface area contributed by atoms with Gasteiger partial charge in [-0.05, 0) is 48.1 Å². The summed E-state index contributed by atoms with van der Waals surface area (Å²) in [6.07, 6.45) is 3.72. The second kappa shape index (κ2) is 8.70. The van der Waals surface area contributed by atoms with Gasteiger partial charge in [0, 0.05) is 23.1 Å². The zero-order valence-corrected chi connectivity index (χ0v) is 17.1. The molecule has 1 aliphatic rings. The summed E-state index contributed by atoms with van der Waals surface area (Å²) in [5.41, 5.74) is 3.63. The van der Waals surface area contributed by atoms with E-state index in [1.807, 2.05) is 36.5 Å². The standard InChI is InChI=1S/C24H29N3O2/c1-16(2)13-21-19-9-6-10-20-23(19)17(15-26-20)14-22(27-21)24(28)25-11-12-29-18-7-4-3-5-8-18/h3-10,15-16,21-22,26-27H,11-14H2,1-2H3,(H,25,28)/t21-,22-/m0/s1. The fourth-order valence-electron chi connectivity index (χ4n) is 4.17. The van der Waals surface area contributed by atoms with Gasteiger partial charge in [0.05, 0.1) is 12.6 Å². The molecule has 5 nitrogen and oxygen atoms in total. The Morgan fingerprint density at radius 2 is 2.00 bits per heavy atom. The molecule has 0 unspecified atom stereocenters. The lowest BCUT2D eigenvalue weighted by Crippen LogP contribution is -2.47. The largest absolute Gasteiger partial charge is 0.492 e. The predicted octanol–water partition coefficient (Wildman–Crippen LogP) is 3.96. The van der Waals surface area contributed by atoms with Crippen molar-refractivity contribution < 1.29 is 9.53 Å². The average Bonchev–Trinajstić information content (AvgIpc) is 3.06. The molecule has 0 saturated heterocycles. The minimum Gasteiger partial charge on any atom is -0.492 e. The maximum atomic E-state index is 12.9. The number of para-hydroxylation sites is 1. The third-order valence-electron chi connectivity index (χ3n) is 5.46. The van der Waals surface area contributed by atoms with E-state index in [9.17, 15) is 4.79 Å². The zero-order chi connectivity index (χ0) is 20.2. The van der Waals surface area contributed by atoms with Gasteiger partial charge >= 0.3 is 0 Å². The van der Waals surface area contributed by atoms with Crippen LogP contribution in [0.1, 0.15) is 37.4 Å². The molecule has 2 atom stereocenters. The van der Waals surface area contributed by atoms with Crippen molar-refractivity contribution in [2.24, 2.45) is 5.92 Å². The van der Waals surface area contributed by atoms with Gasteiger partial charge in [0.15, 0.2) is 0 Å². The highest BCUT2D eigenvalue weighted by Gasteiger charge is 2.29. The van der Waals surface area contributed by atoms with Crippen LogP contribution in [-0.2, 0) is 11.2 Å². The molecule has 3 N–H and O–H groups in total. The summed E-state index contributed by atoms with van der Waals surface area (Å²) in [5.74, 6) is 1.38. The van der Waals surface area contributed by atoms with Gasteiger partial charge in [0.25, 0.3) is 0 Å². The number of carbonyl (C=O) groups is 1. The van der Waals surface area contributed by atoms with Crippen molar-refractivity contribution in [2.45, 2.75) is 38.8 Å². The fraction of sp³-hybridized carbons (Fsp3) is 0.375. The molecule has 5 heteroatoms. The van der Waals surface area contributed by atoms with Gasteiger partial charge in [-0.1, -0.05) is 44.2 Å². The van der Waals surface area contributed by atoms with E-state index >= 15 is 0 Å². The van der Waals surface area contributed by atoms with Gasteiger partial charge in [-0.2, -0.15) is 0 Å². The monoisotopic (exact) mass is 391 g/mol. The molecule has 4 rings (SSSR count). The van der Waals surface area contributed by atoms with Crippen LogP contribution in [0.25, 0.3) is 10.9 Å². The Hall–Kier alpha value is -2.79. The van der Waals surface area contributed by atoms with Crippen LogP contribution in [0.15, 0.2) is 54.7 Å². The molecule has 2 heterocycles. The van der Waals surface area contributed by atoms with E-state index < -0.39 is 0 Å². The lowest BCUT2D eigenvalue weighted by atomic mass is 9.94. The second-order valence-corrected chi connectivity index (χ2v) is 8.14. The van der Waals surface area contributed by atoms with Gasteiger partial charge < -0.3 is 15.0 Å². The number of benzene rings is 2. The van der Waals surface area contributed by atoms with Crippen molar-refractivity contribution in [3.63, 3.8) is 0 Å². The smallest absolute Gasteiger partial charge is 0.237 e. The summed E-state index contributed by atoms with van der Waals surface area (Å²) in [7, 11) is 0. The third-order valence-corrected chi connectivity index (χ3v) is 5.46. The summed E-state index contributed by atoms with van der Waals surface area (Å²) in [6.45, 7) is 5.38. The second-order valence-electron chi connectivity index (χ2n) is 8.14. The van der Waals surface area contributed by atoms with Crippen molar-refractivity contribution in [2.75, 3.05) is 13.2 Å². The number of carbonyl (C=O) groups excluding carboxylic acids is 1. The summed E-state index contributed by atoms with van der Waals surface area (Å²) in [5, 5.41) is 7.94. The van der Waals surface area contributed by atoms with Crippen LogP contribution in [0.4, 0.5) is 0 Å². The van der Waals surface area contributed by atoms with E-state index in [0.29, 0.717) is 25.5 Å². The van der Waals surface area contributed by atoms with E-state index in [2.05, 4.69) is 47.7 Å². The molecule has 0 spiro atoms. The Kier molecular flexibility index (Phi) is 5.86. The Morgan fingerprint density at radius 3 is 2.79 bits per heavy atom. The van der Waals surface area contributed by atoms with Crippen molar-refractivity contribution in [3.05, 3.63) is 65.9 Å². The van der Waals surface area contributed by atoms with Crippen LogP contribution in [0, 0.1) is 5.92 Å². The number of aromatic nitrogens is 1. The SMILES string of the molecule is CC(C)C[C@@H]1N[C@H](C(=O)NCCOc2ccccc2)Cc2c[nH]c3cccc1c23. The normalized spacial score (nSPS) is 18.6. The van der Waals surface area contributed by atoms with E-state index in [0.717, 1.165) is 17.7 Å². The van der Waals surface area contributed by atoms with Gasteiger partial charge in [0.2, 0.25) is 5.91 Å². The van der Waals surface area contributed by atoms with E-state index in [1.54, 1.807) is 0 Å². The van der Waals surface area contributed by atoms with E-state index in [4.69, 9.17) is 4.74 Å². The summed E-state index contributed by atoms with van der Waals surface area (Å²) in [6, 6.07) is 15.9. The molecule has 3 aromatic rings. The van der Waals surface area contributed by atoms with Crippen molar-refractivity contribution in [1.29, 1.82) is 0 Å². The first-order chi connectivity index (χ1) is 14.1. The van der Waals surface area contributed by atoms with Crippen LogP contribution in [0.5, 0.6) is 5.75 Å². The number of hydrogen-bond donors (Lipinski definition) is 3. The fourth-order valence-corrected chi connectivity index (χ4v) is 4.17. The summed E-state index contributed by atoms with van der Waals surface area (Å²) < 4.78 is 5.69. The Morgan fingerprint density at radius 1 is 1.17 bits per heavy atom. The first kappa shape index (κ1) is 19.5. The first-order valence-corrected chi connectivity index (χ1v) is 10.4. The predicted molar refractivity (Wildman–Crippen MR) is 116 cm³/mol. The molecule has 2 aromatic carbocycles. The lowest BCUT2D eigenvalue weighted by molar-refractivity contribution is -0.123. The molecule has 0 aliphatic carbocycles. The number of aromatic amines is 1. The average molecular weight is 392 g/mol. The van der Waals surface area contributed by atoms with Crippen molar-refractivity contribution >= 4 is 16.8 Å². The Bertz CT molecular complexity index is 965. The third kappa shape index (κ3) is 4.46. The molecule has 1 amide bonds. The number of ether oxygens (including phenoxy) is 1. The number of amides is 1. The molecule has 0 saturated carbocycles. The molecule has 0 fully saturated rings. The molecule has 0 bridgehead atoms. The molecule has 152 valence electrons. The van der Waals surface area contributed by atoms with Crippen LogP contribution >= 0.6 is 0 Å². The number of rotatable bonds is 7. The van der Waals surface area contributed by atoms with Crippen LogP contribution in [-0.4, -0.2) is 30.1 Å². The Balaban J connectivity index is 1.44. The minimum atomic E-state index is -0.262. The lowest BCUT2D eigenvalue weighted by Gasteiger charge is -2.25. The van der Waals surface area contributed by atoms with Gasteiger partial charge in [0.1, 0.15) is 12.4 Å². The maximum Gasteiger partial charge on any atom is 0.237 e. The van der Waals surface area contributed by atoms with E-state index in [-0.39, 0.29) is 18.0 Å². The van der Waals surface area contributed by atoms with E-state index in [1.165, 1.54) is 16.5 Å². The quantitative estimate of drug-likeness (QED) is 0.534. The van der Waals surface area contributed by atoms with Crippen molar-refractivity contribution in [1.82, 2.24) is 15.6 Å². The molecule has 0 radical (unpaired) electrons.